The van der Waals surface area contributed by atoms with Gasteiger partial charge in [0.1, 0.15) is 0 Å². The maximum atomic E-state index is 5.22. The summed E-state index contributed by atoms with van der Waals surface area (Å²) in [4.78, 5) is 0. The summed E-state index contributed by atoms with van der Waals surface area (Å²) in [5.41, 5.74) is 3.77. The van der Waals surface area contributed by atoms with Gasteiger partial charge in [0.2, 0.25) is 0 Å². The Balaban J connectivity index is 1.94. The molecule has 2 aromatic rings. The summed E-state index contributed by atoms with van der Waals surface area (Å²) in [7, 11) is 1.73. The molecule has 2 nitrogen and oxygen atoms in total. The van der Waals surface area contributed by atoms with E-state index in [1.54, 1.807) is 7.11 Å². The first-order chi connectivity index (χ1) is 9.70. The van der Waals surface area contributed by atoms with Crippen molar-refractivity contribution in [1.82, 2.24) is 5.32 Å². The Morgan fingerprint density at radius 1 is 0.950 bits per heavy atom. The van der Waals surface area contributed by atoms with Gasteiger partial charge in [-0.25, -0.2) is 0 Å². The second-order valence-electron chi connectivity index (χ2n) is 4.55. The van der Waals surface area contributed by atoms with Gasteiger partial charge >= 0.3 is 0 Å². The fourth-order valence-corrected chi connectivity index (χ4v) is 2.69. The van der Waals surface area contributed by atoms with Crippen molar-refractivity contribution in [3.8, 4) is 0 Å². The second-order valence-corrected chi connectivity index (χ2v) is 6.26. The van der Waals surface area contributed by atoms with Gasteiger partial charge in [-0.3, -0.25) is 0 Å². The molecule has 1 N–H and O–H groups in total. The molecule has 0 atom stereocenters. The van der Waals surface area contributed by atoms with Gasteiger partial charge in [-0.2, -0.15) is 0 Å². The number of nitrogens with one attached hydrogen (secondary N) is 1. The molecule has 0 aliphatic carbocycles. The third kappa shape index (κ3) is 4.42. The Morgan fingerprint density at radius 3 is 2.40 bits per heavy atom. The van der Waals surface area contributed by atoms with Crippen LogP contribution in [0.1, 0.15) is 16.7 Å². The summed E-state index contributed by atoms with van der Waals surface area (Å²) in [5, 5.41) is 3.47. The topological polar surface area (TPSA) is 21.3 Å². The van der Waals surface area contributed by atoms with Gasteiger partial charge in [-0.15, -0.1) is 0 Å². The standard InChI is InChI=1S/C16H17Br2NO/c1-20-11-14-5-3-2-4-13(14)10-19-9-12-6-7-15(17)16(18)8-12/h2-8,19H,9-11H2,1H3. The monoisotopic (exact) mass is 397 g/mol. The highest BCUT2D eigenvalue weighted by atomic mass is 79.9. The van der Waals surface area contributed by atoms with E-state index in [1.807, 2.05) is 6.07 Å². The molecule has 0 aliphatic heterocycles. The first kappa shape index (κ1) is 15.7. The van der Waals surface area contributed by atoms with Crippen molar-refractivity contribution in [2.24, 2.45) is 0 Å². The van der Waals surface area contributed by atoms with Crippen LogP contribution < -0.4 is 5.32 Å². The maximum Gasteiger partial charge on any atom is 0.0716 e. The van der Waals surface area contributed by atoms with Crippen LogP contribution in [0.25, 0.3) is 0 Å². The summed E-state index contributed by atoms with van der Waals surface area (Å²) >= 11 is 7.00. The molecule has 0 unspecified atom stereocenters. The van der Waals surface area contributed by atoms with Crippen molar-refractivity contribution in [2.45, 2.75) is 19.7 Å². The van der Waals surface area contributed by atoms with Gasteiger partial charge in [0.05, 0.1) is 6.61 Å². The van der Waals surface area contributed by atoms with E-state index in [9.17, 15) is 0 Å². The van der Waals surface area contributed by atoms with Crippen LogP contribution in [-0.4, -0.2) is 7.11 Å². The zero-order valence-corrected chi connectivity index (χ0v) is 14.5. The number of ether oxygens (including phenoxy) is 1. The normalized spacial score (nSPS) is 10.8. The second kappa shape index (κ2) is 7.93. The minimum Gasteiger partial charge on any atom is -0.380 e. The molecule has 2 rings (SSSR count). The minimum absolute atomic E-state index is 0.654. The highest BCUT2D eigenvalue weighted by Gasteiger charge is 2.02. The van der Waals surface area contributed by atoms with Crippen LogP contribution >= 0.6 is 31.9 Å². The predicted octanol–water partition coefficient (Wildman–Crippen LogP) is 4.65. The van der Waals surface area contributed by atoms with E-state index in [0.717, 1.165) is 22.0 Å². The van der Waals surface area contributed by atoms with Crippen LogP contribution in [0, 0.1) is 0 Å². The average molecular weight is 399 g/mol. The molecule has 0 aromatic heterocycles. The van der Waals surface area contributed by atoms with Crippen molar-refractivity contribution < 1.29 is 4.74 Å². The first-order valence-corrected chi connectivity index (χ1v) is 7.99. The lowest BCUT2D eigenvalue weighted by Gasteiger charge is -2.10. The van der Waals surface area contributed by atoms with Gasteiger partial charge in [-0.05, 0) is 60.7 Å². The Morgan fingerprint density at radius 2 is 1.70 bits per heavy atom. The molecular weight excluding hydrogens is 382 g/mol. The molecule has 4 heteroatoms. The Bertz CT molecular complexity index is 572. The number of halogens is 2. The van der Waals surface area contributed by atoms with Crippen LogP contribution in [0.2, 0.25) is 0 Å². The van der Waals surface area contributed by atoms with Crippen molar-refractivity contribution in [3.05, 3.63) is 68.1 Å². The molecule has 0 amide bonds. The van der Waals surface area contributed by atoms with E-state index >= 15 is 0 Å². The Hall–Kier alpha value is -0.680. The fraction of sp³-hybridized carbons (Fsp3) is 0.250. The third-order valence-corrected chi connectivity index (χ3v) is 4.93. The minimum atomic E-state index is 0.654. The summed E-state index contributed by atoms with van der Waals surface area (Å²) in [5.74, 6) is 0. The van der Waals surface area contributed by atoms with E-state index in [1.165, 1.54) is 16.7 Å². The lowest BCUT2D eigenvalue weighted by molar-refractivity contribution is 0.184. The molecule has 2 aromatic carbocycles. The van der Waals surface area contributed by atoms with Crippen molar-refractivity contribution in [2.75, 3.05) is 7.11 Å². The number of benzene rings is 2. The third-order valence-electron chi connectivity index (χ3n) is 3.05. The van der Waals surface area contributed by atoms with E-state index in [-0.39, 0.29) is 0 Å². The van der Waals surface area contributed by atoms with Crippen LogP contribution in [0.4, 0.5) is 0 Å². The molecule has 0 fully saturated rings. The quantitative estimate of drug-likeness (QED) is 0.764. The molecule has 0 saturated heterocycles. The molecule has 106 valence electrons. The lowest BCUT2D eigenvalue weighted by Crippen LogP contribution is -2.14. The van der Waals surface area contributed by atoms with Gasteiger partial charge in [0, 0.05) is 29.1 Å². The SMILES string of the molecule is COCc1ccccc1CNCc1ccc(Br)c(Br)c1. The molecule has 0 radical (unpaired) electrons. The molecule has 20 heavy (non-hydrogen) atoms. The van der Waals surface area contributed by atoms with E-state index < -0.39 is 0 Å². The Kier molecular flexibility index (Phi) is 6.23. The molecule has 0 saturated carbocycles. The van der Waals surface area contributed by atoms with Crippen LogP contribution in [0.15, 0.2) is 51.4 Å². The summed E-state index contributed by atoms with van der Waals surface area (Å²) in [6, 6.07) is 14.6. The molecule has 0 bridgehead atoms. The summed E-state index contributed by atoms with van der Waals surface area (Å²) < 4.78 is 7.38. The van der Waals surface area contributed by atoms with Gasteiger partial charge < -0.3 is 10.1 Å². The summed E-state index contributed by atoms with van der Waals surface area (Å²) in [6.45, 7) is 2.34. The van der Waals surface area contributed by atoms with Gasteiger partial charge in [0.15, 0.2) is 0 Å². The fourth-order valence-electron chi connectivity index (χ4n) is 2.02. The number of hydrogen-bond acceptors (Lipinski definition) is 2. The summed E-state index contributed by atoms with van der Waals surface area (Å²) in [6.07, 6.45) is 0. The largest absolute Gasteiger partial charge is 0.380 e. The first-order valence-electron chi connectivity index (χ1n) is 6.41. The van der Waals surface area contributed by atoms with E-state index in [2.05, 4.69) is 73.6 Å². The smallest absolute Gasteiger partial charge is 0.0716 e. The van der Waals surface area contributed by atoms with E-state index in [0.29, 0.717) is 6.61 Å². The molecule has 0 spiro atoms. The van der Waals surface area contributed by atoms with Crippen molar-refractivity contribution in [1.29, 1.82) is 0 Å². The number of hydrogen-bond donors (Lipinski definition) is 1. The average Bonchev–Trinajstić information content (AvgIpc) is 2.45. The zero-order valence-electron chi connectivity index (χ0n) is 11.3. The van der Waals surface area contributed by atoms with Crippen LogP contribution in [-0.2, 0) is 24.4 Å². The maximum absolute atomic E-state index is 5.22. The van der Waals surface area contributed by atoms with Crippen molar-refractivity contribution >= 4 is 31.9 Å². The molecule has 0 heterocycles. The number of rotatable bonds is 6. The Labute approximate surface area is 136 Å². The highest BCUT2D eigenvalue weighted by Crippen LogP contribution is 2.23. The van der Waals surface area contributed by atoms with Crippen molar-refractivity contribution in [3.63, 3.8) is 0 Å². The molecular formula is C16H17Br2NO. The van der Waals surface area contributed by atoms with Gasteiger partial charge in [0.25, 0.3) is 0 Å². The zero-order chi connectivity index (χ0) is 14.4. The van der Waals surface area contributed by atoms with Crippen LogP contribution in [0.3, 0.4) is 0 Å². The molecule has 0 aliphatic rings. The van der Waals surface area contributed by atoms with Crippen LogP contribution in [0.5, 0.6) is 0 Å². The number of methoxy groups -OCH3 is 1. The van der Waals surface area contributed by atoms with Gasteiger partial charge in [-0.1, -0.05) is 30.3 Å². The predicted molar refractivity (Wildman–Crippen MR) is 89.5 cm³/mol. The van der Waals surface area contributed by atoms with E-state index in [4.69, 9.17) is 4.74 Å². The lowest BCUT2D eigenvalue weighted by atomic mass is 10.1. The highest BCUT2D eigenvalue weighted by molar-refractivity contribution is 9.13.